The van der Waals surface area contributed by atoms with Gasteiger partial charge in [-0.25, -0.2) is 0 Å². The van der Waals surface area contributed by atoms with Gasteiger partial charge in [0.15, 0.2) is 0 Å². The molecule has 1 atom stereocenters. The molecule has 20 heavy (non-hydrogen) atoms. The van der Waals surface area contributed by atoms with Crippen molar-refractivity contribution in [1.82, 2.24) is 0 Å². The largest absolute Gasteiger partial charge is 0.494 e. The summed E-state index contributed by atoms with van der Waals surface area (Å²) in [7, 11) is 0. The van der Waals surface area contributed by atoms with Crippen LogP contribution in [0, 0.1) is 5.92 Å². The summed E-state index contributed by atoms with van der Waals surface area (Å²) in [6.45, 7) is 9.06. The van der Waals surface area contributed by atoms with Gasteiger partial charge in [-0.2, -0.15) is 0 Å². The lowest BCUT2D eigenvalue weighted by molar-refractivity contribution is -0.119. The number of rotatable bonds is 9. The second kappa shape index (κ2) is 8.78. The van der Waals surface area contributed by atoms with Crippen molar-refractivity contribution in [3.05, 3.63) is 29.3 Å². The molecule has 0 bridgehead atoms. The minimum absolute atomic E-state index is 0.375. The average Bonchev–Trinajstić information content (AvgIpc) is 2.41. The third kappa shape index (κ3) is 5.36. The predicted octanol–water partition coefficient (Wildman–Crippen LogP) is 4.59. The van der Waals surface area contributed by atoms with Gasteiger partial charge in [0.25, 0.3) is 0 Å². The molecule has 1 unspecified atom stereocenters. The molecule has 0 saturated carbocycles. The lowest BCUT2D eigenvalue weighted by Crippen LogP contribution is -2.09. The summed E-state index contributed by atoms with van der Waals surface area (Å²) >= 11 is 0. The molecule has 0 amide bonds. The smallest absolute Gasteiger partial charge is 0.133 e. The molecule has 0 spiro atoms. The van der Waals surface area contributed by atoms with E-state index in [1.165, 1.54) is 11.1 Å². The van der Waals surface area contributed by atoms with Crippen LogP contribution in [0.15, 0.2) is 18.2 Å². The second-order valence-corrected chi connectivity index (χ2v) is 5.53. The van der Waals surface area contributed by atoms with Gasteiger partial charge in [0.05, 0.1) is 6.61 Å². The van der Waals surface area contributed by atoms with Gasteiger partial charge in [-0.15, -0.1) is 0 Å². The van der Waals surface area contributed by atoms with E-state index in [4.69, 9.17) is 4.74 Å². The van der Waals surface area contributed by atoms with Gasteiger partial charge >= 0.3 is 0 Å². The molecule has 0 aliphatic heterocycles. The molecule has 0 aromatic heterocycles. The van der Waals surface area contributed by atoms with Crippen LogP contribution in [0.1, 0.15) is 58.1 Å². The quantitative estimate of drug-likeness (QED) is 0.659. The zero-order chi connectivity index (χ0) is 15.0. The predicted molar refractivity (Wildman–Crippen MR) is 84.4 cm³/mol. The maximum atomic E-state index is 11.7. The lowest BCUT2D eigenvalue weighted by atomic mass is 9.93. The van der Waals surface area contributed by atoms with E-state index in [2.05, 4.69) is 39.0 Å². The first-order valence-corrected chi connectivity index (χ1v) is 7.86. The molecular weight excluding hydrogens is 248 g/mol. The van der Waals surface area contributed by atoms with Gasteiger partial charge in [0, 0.05) is 12.8 Å². The Balaban J connectivity index is 2.75. The molecule has 0 saturated heterocycles. The Labute approximate surface area is 123 Å². The Morgan fingerprint density at radius 2 is 2.00 bits per heavy atom. The first-order chi connectivity index (χ1) is 9.60. The summed E-state index contributed by atoms with van der Waals surface area (Å²) in [5, 5.41) is 0. The van der Waals surface area contributed by atoms with Crippen LogP contribution < -0.4 is 4.74 Å². The van der Waals surface area contributed by atoms with Gasteiger partial charge in [-0.3, -0.25) is 4.79 Å². The summed E-state index contributed by atoms with van der Waals surface area (Å²) in [5.74, 6) is 1.73. The van der Waals surface area contributed by atoms with E-state index >= 15 is 0 Å². The Morgan fingerprint density at radius 3 is 2.60 bits per heavy atom. The van der Waals surface area contributed by atoms with Crippen molar-refractivity contribution < 1.29 is 9.53 Å². The van der Waals surface area contributed by atoms with E-state index in [0.29, 0.717) is 31.1 Å². The highest BCUT2D eigenvalue weighted by Crippen LogP contribution is 2.25. The number of hydrogen-bond acceptors (Lipinski definition) is 2. The summed E-state index contributed by atoms with van der Waals surface area (Å²) in [6, 6.07) is 6.42. The number of benzene rings is 1. The second-order valence-electron chi connectivity index (χ2n) is 5.53. The van der Waals surface area contributed by atoms with Crippen molar-refractivity contribution in [2.45, 2.75) is 59.8 Å². The van der Waals surface area contributed by atoms with Crippen LogP contribution in [-0.4, -0.2) is 12.4 Å². The van der Waals surface area contributed by atoms with Crippen LogP contribution in [0.3, 0.4) is 0 Å². The van der Waals surface area contributed by atoms with Crippen LogP contribution in [0.5, 0.6) is 5.75 Å². The van der Waals surface area contributed by atoms with E-state index < -0.39 is 0 Å². The Hall–Kier alpha value is -1.31. The molecule has 0 aliphatic carbocycles. The lowest BCUT2D eigenvalue weighted by Gasteiger charge is -2.15. The average molecular weight is 276 g/mol. The minimum Gasteiger partial charge on any atom is -0.494 e. The van der Waals surface area contributed by atoms with Gasteiger partial charge in [0.2, 0.25) is 0 Å². The molecule has 1 rings (SSSR count). The standard InChI is InChI=1S/C18H28O2/c1-5-8-17(19)12-14(4)11-16-13-15(6-2)9-10-18(16)20-7-3/h9-10,13-14H,5-8,11-12H2,1-4H3. The van der Waals surface area contributed by atoms with E-state index in [-0.39, 0.29) is 0 Å². The van der Waals surface area contributed by atoms with Crippen molar-refractivity contribution in [2.24, 2.45) is 5.92 Å². The number of hydrogen-bond donors (Lipinski definition) is 0. The molecule has 1 aromatic carbocycles. The van der Waals surface area contributed by atoms with E-state index in [1.54, 1.807) is 0 Å². The van der Waals surface area contributed by atoms with Crippen LogP contribution >= 0.6 is 0 Å². The summed E-state index contributed by atoms with van der Waals surface area (Å²) in [5.41, 5.74) is 2.57. The molecule has 0 fully saturated rings. The van der Waals surface area contributed by atoms with Gasteiger partial charge in [-0.05, 0) is 49.3 Å². The van der Waals surface area contributed by atoms with Crippen LogP contribution in [0.4, 0.5) is 0 Å². The molecule has 0 N–H and O–H groups in total. The normalized spacial score (nSPS) is 12.2. The number of carbonyl (C=O) groups excluding carboxylic acids is 1. The summed E-state index contributed by atoms with van der Waals surface area (Å²) in [4.78, 5) is 11.7. The number of Topliss-reactive ketones (excluding diaryl/α,β-unsaturated/α-hetero) is 1. The molecule has 0 aliphatic rings. The van der Waals surface area contributed by atoms with Crippen molar-refractivity contribution in [3.63, 3.8) is 0 Å². The monoisotopic (exact) mass is 276 g/mol. The number of carbonyl (C=O) groups is 1. The third-order valence-electron chi connectivity index (χ3n) is 3.51. The van der Waals surface area contributed by atoms with Crippen LogP contribution in [-0.2, 0) is 17.6 Å². The fourth-order valence-electron chi connectivity index (χ4n) is 2.53. The molecule has 2 nitrogen and oxygen atoms in total. The molecule has 2 heteroatoms. The molecule has 0 heterocycles. The van der Waals surface area contributed by atoms with Gasteiger partial charge in [-0.1, -0.05) is 32.9 Å². The Bertz CT molecular complexity index is 423. The maximum absolute atomic E-state index is 11.7. The first-order valence-electron chi connectivity index (χ1n) is 7.86. The highest BCUT2D eigenvalue weighted by Gasteiger charge is 2.13. The maximum Gasteiger partial charge on any atom is 0.133 e. The molecule has 0 radical (unpaired) electrons. The van der Waals surface area contributed by atoms with E-state index in [0.717, 1.165) is 25.0 Å². The van der Waals surface area contributed by atoms with E-state index in [9.17, 15) is 4.79 Å². The molecular formula is C18H28O2. The summed E-state index contributed by atoms with van der Waals surface area (Å²) in [6.07, 6.45) is 4.27. The van der Waals surface area contributed by atoms with Crippen molar-refractivity contribution >= 4 is 5.78 Å². The SMILES string of the molecule is CCCC(=O)CC(C)Cc1cc(CC)ccc1OCC. The fraction of sp³-hybridized carbons (Fsp3) is 0.611. The Kier molecular flexibility index (Phi) is 7.35. The highest BCUT2D eigenvalue weighted by atomic mass is 16.5. The minimum atomic E-state index is 0.375. The van der Waals surface area contributed by atoms with Crippen molar-refractivity contribution in [3.8, 4) is 5.75 Å². The first kappa shape index (κ1) is 16.7. The van der Waals surface area contributed by atoms with Crippen LogP contribution in [0.25, 0.3) is 0 Å². The zero-order valence-electron chi connectivity index (χ0n) is 13.4. The fourth-order valence-corrected chi connectivity index (χ4v) is 2.53. The highest BCUT2D eigenvalue weighted by molar-refractivity contribution is 5.78. The zero-order valence-corrected chi connectivity index (χ0v) is 13.4. The number of ketones is 1. The van der Waals surface area contributed by atoms with Crippen molar-refractivity contribution in [2.75, 3.05) is 6.61 Å². The topological polar surface area (TPSA) is 26.3 Å². The molecule has 112 valence electrons. The van der Waals surface area contributed by atoms with Gasteiger partial charge in [0.1, 0.15) is 11.5 Å². The summed E-state index contributed by atoms with van der Waals surface area (Å²) < 4.78 is 5.70. The van der Waals surface area contributed by atoms with Crippen LogP contribution in [0.2, 0.25) is 0 Å². The molecule has 1 aromatic rings. The van der Waals surface area contributed by atoms with Crippen molar-refractivity contribution in [1.29, 1.82) is 0 Å². The van der Waals surface area contributed by atoms with E-state index in [1.807, 2.05) is 6.92 Å². The third-order valence-corrected chi connectivity index (χ3v) is 3.51. The number of aryl methyl sites for hydroxylation is 1. The van der Waals surface area contributed by atoms with Gasteiger partial charge < -0.3 is 4.74 Å². The Morgan fingerprint density at radius 1 is 1.25 bits per heavy atom. The number of ether oxygens (including phenoxy) is 1.